The minimum absolute atomic E-state index is 0.000586. The Morgan fingerprint density at radius 3 is 2.44 bits per heavy atom. The summed E-state index contributed by atoms with van der Waals surface area (Å²) in [7, 11) is -3.73. The molecule has 3 rings (SSSR count). The Labute approximate surface area is 189 Å². The highest BCUT2D eigenvalue weighted by Gasteiger charge is 2.32. The lowest BCUT2D eigenvalue weighted by molar-refractivity contribution is -0.117. The average Bonchev–Trinajstić information content (AvgIpc) is 3.29. The Kier molecular flexibility index (Phi) is 7.87. The molecular formula is C23H29N3O5S. The van der Waals surface area contributed by atoms with Crippen LogP contribution in [0.1, 0.15) is 36.5 Å². The molecule has 9 heteroatoms. The van der Waals surface area contributed by atoms with Gasteiger partial charge in [0.25, 0.3) is 5.91 Å². The minimum atomic E-state index is -3.73. The van der Waals surface area contributed by atoms with Gasteiger partial charge >= 0.3 is 0 Å². The van der Waals surface area contributed by atoms with Gasteiger partial charge in [0.2, 0.25) is 15.9 Å². The Bertz CT molecular complexity index is 1040. The van der Waals surface area contributed by atoms with Gasteiger partial charge < -0.3 is 15.4 Å². The van der Waals surface area contributed by atoms with Gasteiger partial charge in [0, 0.05) is 13.2 Å². The molecule has 2 aromatic carbocycles. The number of carbonyl (C=O) groups excluding carboxylic acids is 2. The highest BCUT2D eigenvalue weighted by Crippen LogP contribution is 2.24. The number of rotatable bonds is 9. The van der Waals surface area contributed by atoms with Gasteiger partial charge in [0.1, 0.15) is 6.04 Å². The minimum Gasteiger partial charge on any atom is -0.376 e. The van der Waals surface area contributed by atoms with Gasteiger partial charge in [-0.3, -0.25) is 13.9 Å². The summed E-state index contributed by atoms with van der Waals surface area (Å²) < 4.78 is 31.7. The van der Waals surface area contributed by atoms with E-state index in [1.165, 1.54) is 0 Å². The summed E-state index contributed by atoms with van der Waals surface area (Å²) in [5.41, 5.74) is 1.03. The molecule has 1 aliphatic heterocycles. The second-order valence-electron chi connectivity index (χ2n) is 7.70. The van der Waals surface area contributed by atoms with Crippen LogP contribution in [0.4, 0.5) is 11.4 Å². The van der Waals surface area contributed by atoms with Crippen molar-refractivity contribution in [2.45, 2.75) is 38.3 Å². The molecule has 172 valence electrons. The standard InChI is InChI=1S/C23H29N3O5S/c1-3-21(26(32(2,29)30)17-10-5-4-6-11-17)23(28)25-20-14-8-7-13-19(20)22(27)24-16-18-12-9-15-31-18/h4-8,10-11,13-14,18,21H,3,9,12,15-16H2,1-2H3,(H,24,27)(H,25,28)/t18-,21+/m0/s1. The first kappa shape index (κ1) is 23.7. The SMILES string of the molecule is CC[C@H](C(=O)Nc1ccccc1C(=O)NC[C@@H]1CCCO1)N(c1ccccc1)S(C)(=O)=O. The van der Waals surface area contributed by atoms with Crippen LogP contribution in [0, 0.1) is 0 Å². The summed E-state index contributed by atoms with van der Waals surface area (Å²) >= 11 is 0. The van der Waals surface area contributed by atoms with E-state index in [4.69, 9.17) is 4.74 Å². The van der Waals surface area contributed by atoms with Gasteiger partial charge in [0.05, 0.1) is 29.3 Å². The summed E-state index contributed by atoms with van der Waals surface area (Å²) in [6.45, 7) is 2.84. The number of sulfonamides is 1. The highest BCUT2D eigenvalue weighted by molar-refractivity contribution is 7.92. The van der Waals surface area contributed by atoms with Crippen LogP contribution < -0.4 is 14.9 Å². The maximum atomic E-state index is 13.2. The van der Waals surface area contributed by atoms with E-state index in [0.717, 1.165) is 23.4 Å². The fourth-order valence-corrected chi connectivity index (χ4v) is 4.96. The third-order valence-corrected chi connectivity index (χ3v) is 6.46. The van der Waals surface area contributed by atoms with E-state index in [9.17, 15) is 18.0 Å². The maximum Gasteiger partial charge on any atom is 0.253 e. The van der Waals surface area contributed by atoms with E-state index in [1.807, 2.05) is 0 Å². The highest BCUT2D eigenvalue weighted by atomic mass is 32.2. The molecule has 2 atom stereocenters. The van der Waals surface area contributed by atoms with Gasteiger partial charge in [-0.25, -0.2) is 8.42 Å². The van der Waals surface area contributed by atoms with E-state index in [-0.39, 0.29) is 18.4 Å². The van der Waals surface area contributed by atoms with Gasteiger partial charge in [-0.2, -0.15) is 0 Å². The molecule has 2 aromatic rings. The van der Waals surface area contributed by atoms with Crippen molar-refractivity contribution >= 4 is 33.2 Å². The van der Waals surface area contributed by atoms with Gasteiger partial charge in [-0.05, 0) is 43.5 Å². The van der Waals surface area contributed by atoms with E-state index in [0.29, 0.717) is 30.1 Å². The third kappa shape index (κ3) is 5.86. The van der Waals surface area contributed by atoms with E-state index < -0.39 is 22.0 Å². The number of anilines is 2. The summed E-state index contributed by atoms with van der Waals surface area (Å²) in [6.07, 6.45) is 3.20. The molecule has 0 aromatic heterocycles. The number of ether oxygens (including phenoxy) is 1. The van der Waals surface area contributed by atoms with Gasteiger partial charge in [-0.15, -0.1) is 0 Å². The molecule has 0 bridgehead atoms. The van der Waals surface area contributed by atoms with E-state index in [1.54, 1.807) is 61.5 Å². The van der Waals surface area contributed by atoms with Crippen LogP contribution in [0.25, 0.3) is 0 Å². The fourth-order valence-electron chi connectivity index (χ4n) is 3.75. The molecule has 2 amide bonds. The summed E-state index contributed by atoms with van der Waals surface area (Å²) in [4.78, 5) is 25.9. The number of nitrogens with one attached hydrogen (secondary N) is 2. The summed E-state index contributed by atoms with van der Waals surface area (Å²) in [5.74, 6) is -0.839. The van der Waals surface area contributed by atoms with Crippen molar-refractivity contribution in [1.82, 2.24) is 5.32 Å². The number of hydrogen-bond donors (Lipinski definition) is 2. The Balaban J connectivity index is 1.79. The first-order chi connectivity index (χ1) is 15.3. The predicted molar refractivity (Wildman–Crippen MR) is 124 cm³/mol. The Morgan fingerprint density at radius 2 is 1.81 bits per heavy atom. The van der Waals surface area contributed by atoms with Crippen molar-refractivity contribution < 1.29 is 22.7 Å². The summed E-state index contributed by atoms with van der Waals surface area (Å²) in [6, 6.07) is 14.2. The normalized spacial score (nSPS) is 16.9. The number of para-hydroxylation sites is 2. The molecule has 1 heterocycles. The van der Waals surface area contributed by atoms with Crippen LogP contribution in [-0.4, -0.2) is 51.8 Å². The number of hydrogen-bond acceptors (Lipinski definition) is 5. The van der Waals surface area contributed by atoms with Crippen molar-refractivity contribution in [2.75, 3.05) is 29.0 Å². The van der Waals surface area contributed by atoms with Crippen molar-refractivity contribution in [3.8, 4) is 0 Å². The Morgan fingerprint density at radius 1 is 1.12 bits per heavy atom. The molecule has 32 heavy (non-hydrogen) atoms. The van der Waals surface area contributed by atoms with Crippen LogP contribution in [-0.2, 0) is 19.6 Å². The topological polar surface area (TPSA) is 105 Å². The van der Waals surface area contributed by atoms with E-state index >= 15 is 0 Å². The van der Waals surface area contributed by atoms with Crippen LogP contribution in [0.15, 0.2) is 54.6 Å². The number of nitrogens with zero attached hydrogens (tertiary/aromatic N) is 1. The predicted octanol–water partition coefficient (Wildman–Crippen LogP) is 2.78. The molecule has 2 N–H and O–H groups in total. The zero-order chi connectivity index (χ0) is 23.1. The molecule has 1 fully saturated rings. The lowest BCUT2D eigenvalue weighted by atomic mass is 10.1. The third-order valence-electron chi connectivity index (χ3n) is 5.28. The molecule has 0 aliphatic carbocycles. The first-order valence-corrected chi connectivity index (χ1v) is 12.5. The van der Waals surface area contributed by atoms with Crippen molar-refractivity contribution in [3.63, 3.8) is 0 Å². The second-order valence-corrected chi connectivity index (χ2v) is 9.56. The molecule has 1 aliphatic rings. The lowest BCUT2D eigenvalue weighted by Crippen LogP contribution is -2.47. The Hall–Kier alpha value is -2.91. The van der Waals surface area contributed by atoms with Crippen LogP contribution in [0.5, 0.6) is 0 Å². The number of carbonyl (C=O) groups is 2. The van der Waals surface area contributed by atoms with Gasteiger partial charge in [-0.1, -0.05) is 37.3 Å². The van der Waals surface area contributed by atoms with Crippen LogP contribution in [0.2, 0.25) is 0 Å². The largest absolute Gasteiger partial charge is 0.376 e. The van der Waals surface area contributed by atoms with Crippen molar-refractivity contribution in [1.29, 1.82) is 0 Å². The number of amides is 2. The molecule has 1 saturated heterocycles. The molecule has 0 unspecified atom stereocenters. The molecule has 0 saturated carbocycles. The van der Waals surface area contributed by atoms with Crippen LogP contribution >= 0.6 is 0 Å². The molecule has 8 nitrogen and oxygen atoms in total. The fraction of sp³-hybridized carbons (Fsp3) is 0.391. The zero-order valence-electron chi connectivity index (χ0n) is 18.3. The average molecular weight is 460 g/mol. The monoisotopic (exact) mass is 459 g/mol. The zero-order valence-corrected chi connectivity index (χ0v) is 19.1. The summed E-state index contributed by atoms with van der Waals surface area (Å²) in [5, 5.41) is 5.60. The quantitative estimate of drug-likeness (QED) is 0.600. The maximum absolute atomic E-state index is 13.2. The van der Waals surface area contributed by atoms with Gasteiger partial charge in [0.15, 0.2) is 0 Å². The second kappa shape index (κ2) is 10.6. The molecule has 0 spiro atoms. The van der Waals surface area contributed by atoms with E-state index in [2.05, 4.69) is 10.6 Å². The molecular weight excluding hydrogens is 430 g/mol. The lowest BCUT2D eigenvalue weighted by Gasteiger charge is -2.30. The van der Waals surface area contributed by atoms with Crippen molar-refractivity contribution in [2.24, 2.45) is 0 Å². The molecule has 0 radical (unpaired) electrons. The first-order valence-electron chi connectivity index (χ1n) is 10.7. The van der Waals surface area contributed by atoms with Crippen molar-refractivity contribution in [3.05, 3.63) is 60.2 Å². The smallest absolute Gasteiger partial charge is 0.253 e. The van der Waals surface area contributed by atoms with Crippen LogP contribution in [0.3, 0.4) is 0 Å². The number of benzene rings is 2.